The van der Waals surface area contributed by atoms with Crippen LogP contribution in [0.1, 0.15) is 70.9 Å². The van der Waals surface area contributed by atoms with Crippen LogP contribution in [0.5, 0.6) is 0 Å². The van der Waals surface area contributed by atoms with Crippen LogP contribution < -0.4 is 5.46 Å². The molecule has 2 aliphatic carbocycles. The Bertz CT molecular complexity index is 877. The molecule has 140 valence electrons. The first-order valence-electron chi connectivity index (χ1n) is 10.4. The van der Waals surface area contributed by atoms with Crippen molar-refractivity contribution in [3.63, 3.8) is 0 Å². The maximum absolute atomic E-state index is 6.34. The van der Waals surface area contributed by atoms with Gasteiger partial charge in [-0.15, -0.1) is 0 Å². The zero-order valence-corrected chi connectivity index (χ0v) is 17.0. The lowest BCUT2D eigenvalue weighted by molar-refractivity contribution is 0.00578. The van der Waals surface area contributed by atoms with Crippen molar-refractivity contribution in [2.75, 3.05) is 0 Å². The van der Waals surface area contributed by atoms with E-state index in [0.29, 0.717) is 0 Å². The maximum Gasteiger partial charge on any atom is 0.494 e. The Hall–Kier alpha value is -1.58. The van der Waals surface area contributed by atoms with E-state index in [-0.39, 0.29) is 23.7 Å². The van der Waals surface area contributed by atoms with Crippen molar-refractivity contribution in [1.29, 1.82) is 0 Å². The molecule has 1 spiro atoms. The Morgan fingerprint density at radius 1 is 0.741 bits per heavy atom. The van der Waals surface area contributed by atoms with Gasteiger partial charge in [-0.25, -0.2) is 0 Å². The summed E-state index contributed by atoms with van der Waals surface area (Å²) in [5, 5.41) is 0. The first kappa shape index (κ1) is 17.5. The van der Waals surface area contributed by atoms with Crippen LogP contribution in [0.25, 0.3) is 11.1 Å². The van der Waals surface area contributed by atoms with Crippen molar-refractivity contribution in [2.45, 2.75) is 76.4 Å². The second kappa shape index (κ2) is 5.72. The van der Waals surface area contributed by atoms with E-state index >= 15 is 0 Å². The number of hydrogen-bond acceptors (Lipinski definition) is 2. The molecular weight excluding hydrogens is 331 g/mol. The first-order chi connectivity index (χ1) is 12.8. The molecule has 1 saturated carbocycles. The molecule has 0 amide bonds. The second-order valence-electron chi connectivity index (χ2n) is 9.58. The Kier molecular flexibility index (Phi) is 3.71. The van der Waals surface area contributed by atoms with Crippen LogP contribution in [-0.2, 0) is 14.7 Å². The molecule has 2 aromatic carbocycles. The molecule has 1 saturated heterocycles. The van der Waals surface area contributed by atoms with Gasteiger partial charge >= 0.3 is 7.12 Å². The van der Waals surface area contributed by atoms with E-state index in [1.807, 2.05) is 0 Å². The first-order valence-corrected chi connectivity index (χ1v) is 10.4. The van der Waals surface area contributed by atoms with Crippen LogP contribution in [0.2, 0.25) is 0 Å². The fourth-order valence-corrected chi connectivity index (χ4v) is 5.29. The van der Waals surface area contributed by atoms with E-state index in [1.54, 1.807) is 0 Å². The fourth-order valence-electron chi connectivity index (χ4n) is 5.29. The highest BCUT2D eigenvalue weighted by atomic mass is 16.7. The molecule has 1 aliphatic heterocycles. The summed E-state index contributed by atoms with van der Waals surface area (Å²) < 4.78 is 12.7. The fraction of sp³-hybridized carbons (Fsp3) is 0.500. The summed E-state index contributed by atoms with van der Waals surface area (Å²) in [6, 6.07) is 15.9. The average molecular weight is 360 g/mol. The molecule has 1 heterocycles. The maximum atomic E-state index is 6.34. The van der Waals surface area contributed by atoms with E-state index in [0.717, 1.165) is 5.46 Å². The second-order valence-corrected chi connectivity index (χ2v) is 9.58. The lowest BCUT2D eigenvalue weighted by atomic mass is 9.66. The van der Waals surface area contributed by atoms with Crippen LogP contribution in [0.15, 0.2) is 42.5 Å². The number of rotatable bonds is 1. The van der Waals surface area contributed by atoms with Gasteiger partial charge in [0.15, 0.2) is 0 Å². The Balaban J connectivity index is 1.62. The van der Waals surface area contributed by atoms with Gasteiger partial charge in [-0.3, -0.25) is 0 Å². The van der Waals surface area contributed by atoms with E-state index < -0.39 is 0 Å². The minimum atomic E-state index is -0.303. The Morgan fingerprint density at radius 3 is 2.07 bits per heavy atom. The zero-order chi connectivity index (χ0) is 18.9. The summed E-state index contributed by atoms with van der Waals surface area (Å²) in [7, 11) is -0.287. The highest BCUT2D eigenvalue weighted by molar-refractivity contribution is 6.62. The highest BCUT2D eigenvalue weighted by Gasteiger charge is 2.52. The van der Waals surface area contributed by atoms with Gasteiger partial charge in [0.1, 0.15) is 0 Å². The van der Waals surface area contributed by atoms with E-state index in [9.17, 15) is 0 Å². The van der Waals surface area contributed by atoms with Crippen molar-refractivity contribution in [1.82, 2.24) is 0 Å². The van der Waals surface area contributed by atoms with Gasteiger partial charge < -0.3 is 9.31 Å². The molecule has 0 atom stereocenters. The smallest absolute Gasteiger partial charge is 0.399 e. The van der Waals surface area contributed by atoms with Crippen molar-refractivity contribution in [3.05, 3.63) is 53.6 Å². The number of hydrogen-bond donors (Lipinski definition) is 0. The summed E-state index contributed by atoms with van der Waals surface area (Å²) in [4.78, 5) is 0. The van der Waals surface area contributed by atoms with Gasteiger partial charge in [0, 0.05) is 5.41 Å². The molecule has 3 aliphatic rings. The monoisotopic (exact) mass is 360 g/mol. The third kappa shape index (κ3) is 2.41. The predicted octanol–water partition coefficient (Wildman–Crippen LogP) is 5.22. The van der Waals surface area contributed by atoms with Crippen molar-refractivity contribution < 1.29 is 9.31 Å². The Labute approximate surface area is 163 Å². The van der Waals surface area contributed by atoms with Crippen LogP contribution in [-0.4, -0.2) is 18.3 Å². The van der Waals surface area contributed by atoms with Gasteiger partial charge in [-0.2, -0.15) is 0 Å². The molecular formula is C24H29BO2. The van der Waals surface area contributed by atoms with Crippen LogP contribution in [0.4, 0.5) is 0 Å². The summed E-state index contributed by atoms with van der Waals surface area (Å²) >= 11 is 0. The highest BCUT2D eigenvalue weighted by Crippen LogP contribution is 2.55. The molecule has 0 unspecified atom stereocenters. The van der Waals surface area contributed by atoms with Crippen molar-refractivity contribution >= 4 is 12.6 Å². The molecule has 0 radical (unpaired) electrons. The molecule has 2 aromatic rings. The van der Waals surface area contributed by atoms with Gasteiger partial charge in [0.05, 0.1) is 11.2 Å². The third-order valence-electron chi connectivity index (χ3n) is 7.52. The lowest BCUT2D eigenvalue weighted by Crippen LogP contribution is -2.41. The molecule has 0 N–H and O–H groups in total. The average Bonchev–Trinajstić information content (AvgIpc) is 3.04. The van der Waals surface area contributed by atoms with Gasteiger partial charge in [-0.1, -0.05) is 61.7 Å². The standard InChI is InChI=1S/C24H29BO2/c1-22(2)23(3,4)27-25(26-22)17-12-13-19-18-10-6-7-11-20(18)24(21(19)16-17)14-8-5-9-15-24/h6-7,10-13,16H,5,8-9,14-15H2,1-4H3. The molecule has 2 nitrogen and oxygen atoms in total. The molecule has 0 aromatic heterocycles. The molecule has 5 rings (SSSR count). The van der Waals surface area contributed by atoms with Gasteiger partial charge in [0.25, 0.3) is 0 Å². The normalized spacial score (nSPS) is 24.1. The molecule has 27 heavy (non-hydrogen) atoms. The molecule has 0 bridgehead atoms. The van der Waals surface area contributed by atoms with Crippen molar-refractivity contribution in [3.8, 4) is 11.1 Å². The minimum absolute atomic E-state index is 0.184. The van der Waals surface area contributed by atoms with E-state index in [4.69, 9.17) is 9.31 Å². The Morgan fingerprint density at radius 2 is 1.37 bits per heavy atom. The van der Waals surface area contributed by atoms with E-state index in [2.05, 4.69) is 70.2 Å². The van der Waals surface area contributed by atoms with Gasteiger partial charge in [0.2, 0.25) is 0 Å². The quantitative estimate of drug-likeness (QED) is 0.650. The minimum Gasteiger partial charge on any atom is -0.399 e. The summed E-state index contributed by atoms with van der Waals surface area (Å²) in [5.41, 5.74) is 6.60. The SMILES string of the molecule is CC1(C)OB(c2ccc3c(c2)C2(CCCCC2)c2ccccc2-3)OC1(C)C. The van der Waals surface area contributed by atoms with E-state index in [1.165, 1.54) is 54.4 Å². The largest absolute Gasteiger partial charge is 0.494 e. The van der Waals surface area contributed by atoms with Gasteiger partial charge in [-0.05, 0) is 68.3 Å². The van der Waals surface area contributed by atoms with Crippen LogP contribution in [0.3, 0.4) is 0 Å². The summed E-state index contributed by atoms with van der Waals surface area (Å²) in [6.07, 6.45) is 6.49. The number of benzene rings is 2. The summed E-state index contributed by atoms with van der Waals surface area (Å²) in [6.45, 7) is 8.50. The number of fused-ring (bicyclic) bond motifs is 5. The van der Waals surface area contributed by atoms with Crippen molar-refractivity contribution in [2.24, 2.45) is 0 Å². The lowest BCUT2D eigenvalue weighted by Gasteiger charge is -2.36. The zero-order valence-electron chi connectivity index (χ0n) is 17.0. The third-order valence-corrected chi connectivity index (χ3v) is 7.52. The summed E-state index contributed by atoms with van der Waals surface area (Å²) in [5.74, 6) is 0. The molecule has 3 heteroatoms. The van der Waals surface area contributed by atoms with Crippen LogP contribution >= 0.6 is 0 Å². The topological polar surface area (TPSA) is 18.5 Å². The predicted molar refractivity (Wildman–Crippen MR) is 111 cm³/mol. The van der Waals surface area contributed by atoms with Crippen LogP contribution in [0, 0.1) is 0 Å². The molecule has 2 fully saturated rings.